The van der Waals surface area contributed by atoms with E-state index >= 15 is 0 Å². The summed E-state index contributed by atoms with van der Waals surface area (Å²) in [5.41, 5.74) is 0. The first-order valence-corrected chi connectivity index (χ1v) is 4.71. The molecule has 0 bridgehead atoms. The van der Waals surface area contributed by atoms with Crippen LogP contribution in [0.4, 0.5) is 4.79 Å². The van der Waals surface area contributed by atoms with Crippen molar-refractivity contribution in [1.82, 2.24) is 10.2 Å². The molecular formula is C10H18N2O. The second-order valence-corrected chi connectivity index (χ2v) is 2.75. The van der Waals surface area contributed by atoms with Crippen LogP contribution in [0, 0.1) is 12.3 Å². The predicted octanol–water partition coefficient (Wildman–Crippen LogP) is 1.45. The third-order valence-corrected chi connectivity index (χ3v) is 1.96. The van der Waals surface area contributed by atoms with Crippen molar-refractivity contribution < 1.29 is 4.79 Å². The smallest absolute Gasteiger partial charge is 0.318 e. The van der Waals surface area contributed by atoms with Crippen molar-refractivity contribution in [1.29, 1.82) is 0 Å². The van der Waals surface area contributed by atoms with Crippen molar-refractivity contribution in [3.63, 3.8) is 0 Å². The van der Waals surface area contributed by atoms with Crippen LogP contribution in [0.2, 0.25) is 0 Å². The molecule has 1 atom stereocenters. The number of hydrogen-bond donors (Lipinski definition) is 1. The largest absolute Gasteiger partial charge is 0.325 e. The quantitative estimate of drug-likeness (QED) is 0.656. The zero-order chi connectivity index (χ0) is 10.3. The van der Waals surface area contributed by atoms with Gasteiger partial charge in [0.2, 0.25) is 0 Å². The van der Waals surface area contributed by atoms with Gasteiger partial charge in [-0.15, -0.1) is 6.42 Å². The Labute approximate surface area is 80.5 Å². The van der Waals surface area contributed by atoms with Crippen LogP contribution in [0.25, 0.3) is 0 Å². The van der Waals surface area contributed by atoms with E-state index < -0.39 is 0 Å². The molecule has 0 aromatic heterocycles. The highest BCUT2D eigenvalue weighted by Crippen LogP contribution is 1.93. The summed E-state index contributed by atoms with van der Waals surface area (Å²) in [4.78, 5) is 13.2. The number of carbonyl (C=O) groups is 1. The number of hydrogen-bond acceptors (Lipinski definition) is 1. The molecule has 0 aliphatic rings. The highest BCUT2D eigenvalue weighted by Gasteiger charge is 2.11. The molecule has 0 heterocycles. The van der Waals surface area contributed by atoms with E-state index in [1.54, 1.807) is 4.90 Å². The Morgan fingerprint density at radius 3 is 2.31 bits per heavy atom. The number of carbonyl (C=O) groups excluding carboxylic acids is 1. The normalized spacial score (nSPS) is 11.5. The molecule has 1 N–H and O–H groups in total. The molecule has 0 aliphatic heterocycles. The summed E-state index contributed by atoms with van der Waals surface area (Å²) in [6.07, 6.45) is 6.00. The van der Waals surface area contributed by atoms with Gasteiger partial charge in [-0.3, -0.25) is 0 Å². The van der Waals surface area contributed by atoms with Gasteiger partial charge in [0.15, 0.2) is 0 Å². The third-order valence-electron chi connectivity index (χ3n) is 1.96. The van der Waals surface area contributed by atoms with Crippen molar-refractivity contribution in [3.05, 3.63) is 0 Å². The van der Waals surface area contributed by atoms with E-state index in [1.165, 1.54) is 0 Å². The van der Waals surface area contributed by atoms with Gasteiger partial charge >= 0.3 is 6.03 Å². The lowest BCUT2D eigenvalue weighted by Crippen LogP contribution is -2.44. The lowest BCUT2D eigenvalue weighted by molar-refractivity contribution is 0.201. The van der Waals surface area contributed by atoms with Gasteiger partial charge in [0.05, 0.1) is 6.04 Å². The van der Waals surface area contributed by atoms with E-state index in [1.807, 2.05) is 20.8 Å². The molecular weight excluding hydrogens is 164 g/mol. The topological polar surface area (TPSA) is 32.3 Å². The summed E-state index contributed by atoms with van der Waals surface area (Å²) in [5.74, 6) is 2.53. The number of rotatable bonds is 4. The van der Waals surface area contributed by atoms with Crippen LogP contribution in [0.15, 0.2) is 0 Å². The van der Waals surface area contributed by atoms with Crippen LogP contribution in [-0.2, 0) is 0 Å². The molecule has 0 radical (unpaired) electrons. The summed E-state index contributed by atoms with van der Waals surface area (Å²) in [6, 6.07) is -0.220. The van der Waals surface area contributed by atoms with Crippen LogP contribution in [0.5, 0.6) is 0 Å². The fourth-order valence-electron chi connectivity index (χ4n) is 1.01. The standard InChI is InChI=1S/C10H18N2O/c1-5-9(6-2)11-10(13)12(7-3)8-4/h1,9H,6-8H2,2-4H3,(H,11,13). The molecule has 0 saturated heterocycles. The Kier molecular flexibility index (Phi) is 5.79. The second-order valence-electron chi connectivity index (χ2n) is 2.75. The number of nitrogens with one attached hydrogen (secondary N) is 1. The summed E-state index contributed by atoms with van der Waals surface area (Å²) in [5, 5.41) is 2.77. The molecule has 0 rings (SSSR count). The Bertz CT molecular complexity index is 192. The second kappa shape index (κ2) is 6.36. The van der Waals surface area contributed by atoms with Crippen LogP contribution >= 0.6 is 0 Å². The summed E-state index contributed by atoms with van der Waals surface area (Å²) in [6.45, 7) is 7.26. The van der Waals surface area contributed by atoms with Crippen LogP contribution in [0.1, 0.15) is 27.2 Å². The van der Waals surface area contributed by atoms with E-state index in [9.17, 15) is 4.79 Å². The third kappa shape index (κ3) is 3.84. The first-order chi connectivity index (χ1) is 6.19. The molecule has 3 nitrogen and oxygen atoms in total. The molecule has 0 aromatic rings. The molecule has 13 heavy (non-hydrogen) atoms. The van der Waals surface area contributed by atoms with E-state index in [-0.39, 0.29) is 12.1 Å². The van der Waals surface area contributed by atoms with E-state index in [2.05, 4.69) is 11.2 Å². The average Bonchev–Trinajstić information content (AvgIpc) is 2.16. The van der Waals surface area contributed by atoms with Gasteiger partial charge in [-0.2, -0.15) is 0 Å². The van der Waals surface area contributed by atoms with Gasteiger partial charge in [0.1, 0.15) is 0 Å². The molecule has 0 saturated carbocycles. The van der Waals surface area contributed by atoms with Gasteiger partial charge in [-0.1, -0.05) is 12.8 Å². The Morgan fingerprint density at radius 2 is 2.00 bits per heavy atom. The minimum Gasteiger partial charge on any atom is -0.325 e. The van der Waals surface area contributed by atoms with Gasteiger partial charge in [0.25, 0.3) is 0 Å². The van der Waals surface area contributed by atoms with Gasteiger partial charge in [-0.25, -0.2) is 4.79 Å². The molecule has 2 amide bonds. The van der Waals surface area contributed by atoms with Gasteiger partial charge < -0.3 is 10.2 Å². The molecule has 0 aromatic carbocycles. The fraction of sp³-hybridized carbons (Fsp3) is 0.700. The Hall–Kier alpha value is -1.17. The first kappa shape index (κ1) is 11.8. The molecule has 1 unspecified atom stereocenters. The maximum Gasteiger partial charge on any atom is 0.318 e. The molecule has 74 valence electrons. The van der Waals surface area contributed by atoms with Crippen molar-refractivity contribution in [2.45, 2.75) is 33.2 Å². The number of amides is 2. The van der Waals surface area contributed by atoms with Crippen LogP contribution < -0.4 is 5.32 Å². The Morgan fingerprint density at radius 1 is 1.46 bits per heavy atom. The predicted molar refractivity (Wildman–Crippen MR) is 54.4 cm³/mol. The monoisotopic (exact) mass is 182 g/mol. The highest BCUT2D eigenvalue weighted by atomic mass is 16.2. The lowest BCUT2D eigenvalue weighted by Gasteiger charge is -2.21. The summed E-state index contributed by atoms with van der Waals surface area (Å²) >= 11 is 0. The van der Waals surface area contributed by atoms with Crippen molar-refractivity contribution in [2.24, 2.45) is 0 Å². The molecule has 0 fully saturated rings. The minimum absolute atomic E-state index is 0.0743. The summed E-state index contributed by atoms with van der Waals surface area (Å²) < 4.78 is 0. The van der Waals surface area contributed by atoms with Crippen molar-refractivity contribution in [2.75, 3.05) is 13.1 Å². The van der Waals surface area contributed by atoms with Gasteiger partial charge in [0, 0.05) is 13.1 Å². The maximum atomic E-state index is 11.5. The van der Waals surface area contributed by atoms with Crippen LogP contribution in [-0.4, -0.2) is 30.1 Å². The SMILES string of the molecule is C#CC(CC)NC(=O)N(CC)CC. The number of nitrogens with zero attached hydrogens (tertiary/aromatic N) is 1. The highest BCUT2D eigenvalue weighted by molar-refractivity contribution is 5.74. The molecule has 0 spiro atoms. The van der Waals surface area contributed by atoms with Gasteiger partial charge in [-0.05, 0) is 20.3 Å². The first-order valence-electron chi connectivity index (χ1n) is 4.71. The molecule has 3 heteroatoms. The Balaban J connectivity index is 4.05. The fourth-order valence-corrected chi connectivity index (χ4v) is 1.01. The van der Waals surface area contributed by atoms with E-state index in [0.717, 1.165) is 6.42 Å². The van der Waals surface area contributed by atoms with E-state index in [0.29, 0.717) is 13.1 Å². The summed E-state index contributed by atoms with van der Waals surface area (Å²) in [7, 11) is 0. The number of urea groups is 1. The van der Waals surface area contributed by atoms with E-state index in [4.69, 9.17) is 6.42 Å². The van der Waals surface area contributed by atoms with Crippen molar-refractivity contribution in [3.8, 4) is 12.3 Å². The number of terminal acetylenes is 1. The zero-order valence-electron chi connectivity index (χ0n) is 8.63. The molecule has 0 aliphatic carbocycles. The zero-order valence-corrected chi connectivity index (χ0v) is 8.63. The van der Waals surface area contributed by atoms with Crippen LogP contribution in [0.3, 0.4) is 0 Å². The van der Waals surface area contributed by atoms with Crippen molar-refractivity contribution >= 4 is 6.03 Å². The minimum atomic E-state index is -0.145. The maximum absolute atomic E-state index is 11.5. The lowest BCUT2D eigenvalue weighted by atomic mass is 10.2. The average molecular weight is 182 g/mol.